The van der Waals surface area contributed by atoms with Crippen molar-refractivity contribution in [1.29, 1.82) is 0 Å². The molecule has 1 aromatic heterocycles. The van der Waals surface area contributed by atoms with Crippen molar-refractivity contribution in [3.63, 3.8) is 0 Å². The fourth-order valence-corrected chi connectivity index (χ4v) is 2.74. The molecule has 3 rings (SSSR count). The van der Waals surface area contributed by atoms with Crippen LogP contribution in [0.5, 0.6) is 11.5 Å². The van der Waals surface area contributed by atoms with Gasteiger partial charge in [0, 0.05) is 11.5 Å². The van der Waals surface area contributed by atoms with Crippen LogP contribution >= 0.6 is 0 Å². The first-order valence-electron chi connectivity index (χ1n) is 8.81. The molecule has 0 aliphatic carbocycles. The van der Waals surface area contributed by atoms with Crippen LogP contribution < -0.4 is 20.1 Å². The smallest absolute Gasteiger partial charge is 0.229 e. The summed E-state index contributed by atoms with van der Waals surface area (Å²) in [4.78, 5) is 9.22. The number of aliphatic hydroxyl groups is 1. The molecule has 0 saturated heterocycles. The number of ether oxygens (including phenoxy) is 2. The Balaban J connectivity index is 2.02. The van der Waals surface area contributed by atoms with Gasteiger partial charge >= 0.3 is 0 Å². The lowest BCUT2D eigenvalue weighted by Gasteiger charge is -2.18. The van der Waals surface area contributed by atoms with E-state index < -0.39 is 0 Å². The van der Waals surface area contributed by atoms with Crippen LogP contribution in [-0.2, 0) is 0 Å². The molecule has 0 spiro atoms. The molecule has 27 heavy (non-hydrogen) atoms. The maximum Gasteiger partial charge on any atom is 0.229 e. The van der Waals surface area contributed by atoms with Gasteiger partial charge in [0.2, 0.25) is 5.95 Å². The monoisotopic (exact) mass is 368 g/mol. The lowest BCUT2D eigenvalue weighted by atomic mass is 10.2. The predicted octanol–water partition coefficient (Wildman–Crippen LogP) is 3.57. The van der Waals surface area contributed by atoms with Gasteiger partial charge in [-0.25, -0.2) is 4.98 Å². The molecule has 0 aliphatic heterocycles. The van der Waals surface area contributed by atoms with Gasteiger partial charge in [-0.1, -0.05) is 19.1 Å². The number of nitrogens with one attached hydrogen (secondary N) is 2. The maximum atomic E-state index is 9.54. The number of anilines is 3. The summed E-state index contributed by atoms with van der Waals surface area (Å²) in [6.07, 6.45) is 0.779. The molecule has 1 atom stereocenters. The number of methoxy groups -OCH3 is 2. The third-order valence-electron chi connectivity index (χ3n) is 4.31. The van der Waals surface area contributed by atoms with Crippen molar-refractivity contribution >= 4 is 28.4 Å². The summed E-state index contributed by atoms with van der Waals surface area (Å²) < 4.78 is 10.7. The number of hydrogen-bond acceptors (Lipinski definition) is 7. The van der Waals surface area contributed by atoms with Gasteiger partial charge in [-0.3, -0.25) is 0 Å². The second-order valence-corrected chi connectivity index (χ2v) is 6.04. The molecule has 0 aliphatic rings. The van der Waals surface area contributed by atoms with Crippen molar-refractivity contribution in [2.24, 2.45) is 0 Å². The Bertz CT molecular complexity index is 913. The van der Waals surface area contributed by atoms with Crippen LogP contribution in [0.25, 0.3) is 10.9 Å². The van der Waals surface area contributed by atoms with Crippen LogP contribution in [0.3, 0.4) is 0 Å². The first kappa shape index (κ1) is 18.7. The van der Waals surface area contributed by atoms with Crippen LogP contribution in [-0.4, -0.2) is 41.9 Å². The Morgan fingerprint density at radius 3 is 2.59 bits per heavy atom. The van der Waals surface area contributed by atoms with E-state index in [2.05, 4.69) is 20.6 Å². The van der Waals surface area contributed by atoms with Crippen molar-refractivity contribution in [3.05, 3.63) is 42.5 Å². The number of aliphatic hydroxyl groups excluding tert-OH is 1. The molecule has 7 heteroatoms. The molecule has 142 valence electrons. The van der Waals surface area contributed by atoms with Gasteiger partial charge in [-0.05, 0) is 30.7 Å². The Kier molecular flexibility index (Phi) is 5.93. The van der Waals surface area contributed by atoms with Crippen LogP contribution in [0.15, 0.2) is 42.5 Å². The van der Waals surface area contributed by atoms with Crippen LogP contribution in [0.1, 0.15) is 13.3 Å². The van der Waals surface area contributed by atoms with Crippen molar-refractivity contribution in [1.82, 2.24) is 9.97 Å². The summed E-state index contributed by atoms with van der Waals surface area (Å²) >= 11 is 0. The van der Waals surface area contributed by atoms with E-state index in [1.54, 1.807) is 14.2 Å². The Morgan fingerprint density at radius 2 is 1.89 bits per heavy atom. The van der Waals surface area contributed by atoms with E-state index in [0.29, 0.717) is 29.0 Å². The number of benzene rings is 2. The molecule has 2 aromatic carbocycles. The molecule has 0 radical (unpaired) electrons. The zero-order chi connectivity index (χ0) is 19.2. The molecular weight excluding hydrogens is 344 g/mol. The van der Waals surface area contributed by atoms with Gasteiger partial charge in [0.1, 0.15) is 17.3 Å². The Morgan fingerprint density at radius 1 is 1.07 bits per heavy atom. The van der Waals surface area contributed by atoms with Gasteiger partial charge in [0.05, 0.1) is 38.1 Å². The minimum Gasteiger partial charge on any atom is -0.497 e. The average molecular weight is 368 g/mol. The maximum absolute atomic E-state index is 9.54. The summed E-state index contributed by atoms with van der Waals surface area (Å²) in [6, 6.07) is 13.1. The standard InChI is InChI=1S/C20H24N4O3/c1-4-13(12-25)21-19-15-7-5-6-8-16(15)22-20(24-19)23-17-11-14(26-2)9-10-18(17)27-3/h5-11,13,25H,4,12H2,1-3H3,(H2,21,22,23,24). The summed E-state index contributed by atoms with van der Waals surface area (Å²) in [5, 5.41) is 16.9. The minimum atomic E-state index is -0.0810. The number of aromatic nitrogens is 2. The first-order chi connectivity index (χ1) is 13.2. The van der Waals surface area contributed by atoms with Crippen molar-refractivity contribution in [2.45, 2.75) is 19.4 Å². The summed E-state index contributed by atoms with van der Waals surface area (Å²) in [5.41, 5.74) is 1.50. The second-order valence-electron chi connectivity index (χ2n) is 6.04. The fraction of sp³-hybridized carbons (Fsp3) is 0.300. The van der Waals surface area contributed by atoms with E-state index in [0.717, 1.165) is 17.3 Å². The third-order valence-corrected chi connectivity index (χ3v) is 4.31. The quantitative estimate of drug-likeness (QED) is 0.560. The zero-order valence-electron chi connectivity index (χ0n) is 15.7. The van der Waals surface area contributed by atoms with Gasteiger partial charge in [-0.2, -0.15) is 4.98 Å². The van der Waals surface area contributed by atoms with Gasteiger partial charge in [-0.15, -0.1) is 0 Å². The number of nitrogens with zero attached hydrogens (tertiary/aromatic N) is 2. The summed E-state index contributed by atoms with van der Waals surface area (Å²) in [6.45, 7) is 2.04. The van der Waals surface area contributed by atoms with E-state index in [1.807, 2.05) is 49.4 Å². The molecule has 1 heterocycles. The average Bonchev–Trinajstić information content (AvgIpc) is 2.71. The molecule has 0 amide bonds. The highest BCUT2D eigenvalue weighted by atomic mass is 16.5. The van der Waals surface area contributed by atoms with E-state index >= 15 is 0 Å². The van der Waals surface area contributed by atoms with E-state index in [1.165, 1.54) is 0 Å². The topological polar surface area (TPSA) is 88.5 Å². The van der Waals surface area contributed by atoms with Crippen LogP contribution in [0.2, 0.25) is 0 Å². The SMILES string of the molecule is CCC(CO)Nc1nc(Nc2cc(OC)ccc2OC)nc2ccccc12. The highest BCUT2D eigenvalue weighted by Gasteiger charge is 2.13. The van der Waals surface area contributed by atoms with Crippen molar-refractivity contribution < 1.29 is 14.6 Å². The highest BCUT2D eigenvalue weighted by Crippen LogP contribution is 2.32. The molecule has 3 N–H and O–H groups in total. The number of para-hydroxylation sites is 1. The lowest BCUT2D eigenvalue weighted by molar-refractivity contribution is 0.271. The Hall–Kier alpha value is -3.06. The van der Waals surface area contributed by atoms with Crippen LogP contribution in [0, 0.1) is 0 Å². The van der Waals surface area contributed by atoms with Crippen LogP contribution in [0.4, 0.5) is 17.5 Å². The zero-order valence-corrected chi connectivity index (χ0v) is 15.7. The minimum absolute atomic E-state index is 0.0291. The summed E-state index contributed by atoms with van der Waals surface area (Å²) in [5.74, 6) is 2.45. The molecule has 0 saturated carbocycles. The fourth-order valence-electron chi connectivity index (χ4n) is 2.74. The van der Waals surface area contributed by atoms with E-state index in [9.17, 15) is 5.11 Å². The van der Waals surface area contributed by atoms with E-state index in [-0.39, 0.29) is 12.6 Å². The number of hydrogen-bond donors (Lipinski definition) is 3. The lowest BCUT2D eigenvalue weighted by Crippen LogP contribution is -2.23. The molecule has 7 nitrogen and oxygen atoms in total. The van der Waals surface area contributed by atoms with Crippen molar-refractivity contribution in [3.8, 4) is 11.5 Å². The predicted molar refractivity (Wildman–Crippen MR) is 107 cm³/mol. The summed E-state index contributed by atoms with van der Waals surface area (Å²) in [7, 11) is 3.22. The third kappa shape index (κ3) is 4.20. The molecule has 3 aromatic rings. The molecular formula is C20H24N4O3. The molecule has 0 bridgehead atoms. The van der Waals surface area contributed by atoms with E-state index in [4.69, 9.17) is 9.47 Å². The second kappa shape index (κ2) is 8.55. The number of fused-ring (bicyclic) bond motifs is 1. The highest BCUT2D eigenvalue weighted by molar-refractivity contribution is 5.90. The number of rotatable bonds is 8. The normalized spacial score (nSPS) is 11.9. The molecule has 0 fully saturated rings. The van der Waals surface area contributed by atoms with Gasteiger partial charge in [0.25, 0.3) is 0 Å². The molecule has 1 unspecified atom stereocenters. The first-order valence-corrected chi connectivity index (χ1v) is 8.81. The largest absolute Gasteiger partial charge is 0.497 e. The Labute approximate surface area is 158 Å². The van der Waals surface area contributed by atoms with Gasteiger partial charge < -0.3 is 25.2 Å². The van der Waals surface area contributed by atoms with Gasteiger partial charge in [0.15, 0.2) is 0 Å². The van der Waals surface area contributed by atoms with Crippen molar-refractivity contribution in [2.75, 3.05) is 31.5 Å².